The Morgan fingerprint density at radius 1 is 1.30 bits per heavy atom. The van der Waals surface area contributed by atoms with Crippen LogP contribution >= 0.6 is 0 Å². The molecule has 2 atom stereocenters. The Kier molecular flexibility index (Phi) is 4.51. The summed E-state index contributed by atoms with van der Waals surface area (Å²) in [6.45, 7) is 3.59. The molecule has 1 aromatic rings. The van der Waals surface area contributed by atoms with Gasteiger partial charge in [0.2, 0.25) is 0 Å². The van der Waals surface area contributed by atoms with Crippen molar-refractivity contribution in [3.63, 3.8) is 0 Å². The fourth-order valence-electron chi connectivity index (χ4n) is 3.46. The number of aromatic nitrogens is 1. The highest BCUT2D eigenvalue weighted by atomic mass is 16.2. The molecule has 2 amide bonds. The van der Waals surface area contributed by atoms with Gasteiger partial charge in [-0.2, -0.15) is 0 Å². The van der Waals surface area contributed by atoms with Gasteiger partial charge in [-0.3, -0.25) is 19.5 Å². The van der Waals surface area contributed by atoms with Gasteiger partial charge in [-0.25, -0.2) is 0 Å². The molecule has 2 heterocycles. The standard InChI is InChI=1S/C19H20N2O2/c1-2-3-6-15-12-18(22)21(19(15)23)17-9-4-7-14(11-17)16-8-5-10-20-13-16/h2-3,5-6,8,10,12-14,17H,1,4,7,9,11H2. The summed E-state index contributed by atoms with van der Waals surface area (Å²) in [6.07, 6.45) is 13.8. The third kappa shape index (κ3) is 3.16. The molecule has 4 nitrogen and oxygen atoms in total. The zero-order valence-electron chi connectivity index (χ0n) is 13.0. The van der Waals surface area contributed by atoms with E-state index in [2.05, 4.69) is 17.6 Å². The first-order chi connectivity index (χ1) is 11.2. The van der Waals surface area contributed by atoms with Crippen LogP contribution in [0.2, 0.25) is 0 Å². The van der Waals surface area contributed by atoms with E-state index in [0.717, 1.165) is 25.7 Å². The Hall–Kier alpha value is -2.49. The fraction of sp³-hybridized carbons (Fsp3) is 0.316. The molecule has 118 valence electrons. The lowest BCUT2D eigenvalue weighted by atomic mass is 9.81. The molecule has 1 aromatic heterocycles. The lowest BCUT2D eigenvalue weighted by Crippen LogP contribution is -2.42. The van der Waals surface area contributed by atoms with Crippen LogP contribution in [0.1, 0.15) is 37.2 Å². The van der Waals surface area contributed by atoms with E-state index in [1.54, 1.807) is 24.4 Å². The first-order valence-electron chi connectivity index (χ1n) is 7.99. The van der Waals surface area contributed by atoms with Gasteiger partial charge < -0.3 is 0 Å². The molecule has 2 aliphatic rings. The second kappa shape index (κ2) is 6.73. The van der Waals surface area contributed by atoms with Gasteiger partial charge in [0.25, 0.3) is 11.8 Å². The van der Waals surface area contributed by atoms with Gasteiger partial charge in [0.05, 0.1) is 0 Å². The molecule has 1 aliphatic heterocycles. The second-order valence-electron chi connectivity index (χ2n) is 6.01. The quantitative estimate of drug-likeness (QED) is 0.634. The number of imide groups is 1. The molecule has 0 saturated heterocycles. The molecule has 1 saturated carbocycles. The summed E-state index contributed by atoms with van der Waals surface area (Å²) >= 11 is 0. The first kappa shape index (κ1) is 15.4. The topological polar surface area (TPSA) is 50.3 Å². The van der Waals surface area contributed by atoms with Crippen LogP contribution < -0.4 is 0 Å². The zero-order chi connectivity index (χ0) is 16.2. The summed E-state index contributed by atoms with van der Waals surface area (Å²) in [7, 11) is 0. The molecule has 3 rings (SSSR count). The van der Waals surface area contributed by atoms with Gasteiger partial charge in [0.15, 0.2) is 0 Å². The largest absolute Gasteiger partial charge is 0.272 e. The smallest absolute Gasteiger partial charge is 0.261 e. The predicted molar refractivity (Wildman–Crippen MR) is 88.5 cm³/mol. The average molecular weight is 308 g/mol. The molecule has 0 bridgehead atoms. The number of carbonyl (C=O) groups is 2. The highest BCUT2D eigenvalue weighted by Crippen LogP contribution is 2.36. The maximum absolute atomic E-state index is 12.5. The van der Waals surface area contributed by atoms with E-state index in [-0.39, 0.29) is 17.9 Å². The molecule has 1 aliphatic carbocycles. The SMILES string of the molecule is C=CC=CC1=CC(=O)N(C2CCCC(c3cccnc3)C2)C1=O. The van der Waals surface area contributed by atoms with E-state index in [9.17, 15) is 9.59 Å². The number of amides is 2. The van der Waals surface area contributed by atoms with Gasteiger partial charge in [-0.05, 0) is 42.9 Å². The maximum Gasteiger partial charge on any atom is 0.261 e. The Morgan fingerprint density at radius 3 is 2.91 bits per heavy atom. The van der Waals surface area contributed by atoms with E-state index in [4.69, 9.17) is 0 Å². The van der Waals surface area contributed by atoms with Crippen LogP contribution in [0.4, 0.5) is 0 Å². The number of hydrogen-bond acceptors (Lipinski definition) is 3. The molecular formula is C19H20N2O2. The Morgan fingerprint density at radius 2 is 2.17 bits per heavy atom. The third-order valence-electron chi connectivity index (χ3n) is 4.56. The number of nitrogens with zero attached hydrogens (tertiary/aromatic N) is 2. The molecule has 0 radical (unpaired) electrons. The first-order valence-corrected chi connectivity index (χ1v) is 7.99. The minimum atomic E-state index is -0.199. The Labute approximate surface area is 136 Å². The molecule has 1 fully saturated rings. The number of pyridine rings is 1. The van der Waals surface area contributed by atoms with Gasteiger partial charge in [0, 0.05) is 30.1 Å². The van der Waals surface area contributed by atoms with Crippen LogP contribution in [0.5, 0.6) is 0 Å². The molecular weight excluding hydrogens is 288 g/mol. The Balaban J connectivity index is 1.75. The van der Waals surface area contributed by atoms with Crippen molar-refractivity contribution in [1.82, 2.24) is 9.88 Å². The van der Waals surface area contributed by atoms with Crippen LogP contribution in [0, 0.1) is 0 Å². The normalized spacial score (nSPS) is 25.0. The van der Waals surface area contributed by atoms with Crippen LogP contribution in [-0.2, 0) is 9.59 Å². The van der Waals surface area contributed by atoms with Crippen molar-refractivity contribution in [2.75, 3.05) is 0 Å². The van der Waals surface area contributed by atoms with Crippen molar-refractivity contribution < 1.29 is 9.59 Å². The van der Waals surface area contributed by atoms with Gasteiger partial charge >= 0.3 is 0 Å². The highest BCUT2D eigenvalue weighted by molar-refractivity contribution is 6.17. The minimum Gasteiger partial charge on any atom is -0.272 e. The number of carbonyl (C=O) groups excluding carboxylic acids is 2. The van der Waals surface area contributed by atoms with Gasteiger partial charge in [-0.1, -0.05) is 31.2 Å². The summed E-state index contributed by atoms with van der Waals surface area (Å²) in [5.74, 6) is -0.0312. The lowest BCUT2D eigenvalue weighted by molar-refractivity contribution is -0.140. The van der Waals surface area contributed by atoms with Crippen LogP contribution in [-0.4, -0.2) is 27.7 Å². The minimum absolute atomic E-state index is 0.0279. The van der Waals surface area contributed by atoms with E-state index < -0.39 is 0 Å². The van der Waals surface area contributed by atoms with Crippen molar-refractivity contribution in [3.05, 3.63) is 66.5 Å². The number of hydrogen-bond donors (Lipinski definition) is 0. The van der Waals surface area contributed by atoms with E-state index in [1.165, 1.54) is 16.5 Å². The summed E-state index contributed by atoms with van der Waals surface area (Å²) in [5, 5.41) is 0. The van der Waals surface area contributed by atoms with Crippen molar-refractivity contribution in [2.45, 2.75) is 37.6 Å². The van der Waals surface area contributed by atoms with Crippen LogP contribution in [0.25, 0.3) is 0 Å². The molecule has 0 aromatic carbocycles. The third-order valence-corrected chi connectivity index (χ3v) is 4.56. The molecule has 4 heteroatoms. The molecule has 23 heavy (non-hydrogen) atoms. The zero-order valence-corrected chi connectivity index (χ0v) is 13.0. The van der Waals surface area contributed by atoms with E-state index >= 15 is 0 Å². The van der Waals surface area contributed by atoms with Crippen LogP contribution in [0.3, 0.4) is 0 Å². The lowest BCUT2D eigenvalue weighted by Gasteiger charge is -2.34. The molecule has 0 N–H and O–H groups in total. The van der Waals surface area contributed by atoms with Crippen molar-refractivity contribution >= 4 is 11.8 Å². The van der Waals surface area contributed by atoms with Crippen LogP contribution in [0.15, 0.2) is 61.0 Å². The predicted octanol–water partition coefficient (Wildman–Crippen LogP) is 3.15. The summed E-state index contributed by atoms with van der Waals surface area (Å²) in [6, 6.07) is 3.98. The van der Waals surface area contributed by atoms with Crippen molar-refractivity contribution in [2.24, 2.45) is 0 Å². The molecule has 0 spiro atoms. The summed E-state index contributed by atoms with van der Waals surface area (Å²) in [4.78, 5) is 30.4. The number of allylic oxidation sites excluding steroid dienone is 2. The van der Waals surface area contributed by atoms with E-state index in [0.29, 0.717) is 11.5 Å². The monoisotopic (exact) mass is 308 g/mol. The van der Waals surface area contributed by atoms with Gasteiger partial charge in [-0.15, -0.1) is 0 Å². The highest BCUT2D eigenvalue weighted by Gasteiger charge is 2.38. The maximum atomic E-state index is 12.5. The average Bonchev–Trinajstić information content (AvgIpc) is 2.87. The number of rotatable bonds is 4. The summed E-state index contributed by atoms with van der Waals surface area (Å²) < 4.78 is 0. The van der Waals surface area contributed by atoms with Crippen molar-refractivity contribution in [1.29, 1.82) is 0 Å². The van der Waals surface area contributed by atoms with E-state index in [1.807, 2.05) is 12.3 Å². The Bertz CT molecular complexity index is 676. The van der Waals surface area contributed by atoms with Gasteiger partial charge in [0.1, 0.15) is 0 Å². The second-order valence-corrected chi connectivity index (χ2v) is 6.01. The fourth-order valence-corrected chi connectivity index (χ4v) is 3.46. The van der Waals surface area contributed by atoms with Crippen molar-refractivity contribution in [3.8, 4) is 0 Å². The summed E-state index contributed by atoms with van der Waals surface area (Å²) in [5.41, 5.74) is 1.63. The molecule has 2 unspecified atom stereocenters.